The lowest BCUT2D eigenvalue weighted by molar-refractivity contribution is 0.00257. The molecular formula is C15H30N2S. The number of nitrogens with zero attached hydrogens (tertiary/aromatic N) is 2. The van der Waals surface area contributed by atoms with Gasteiger partial charge in [-0.2, -0.15) is 11.8 Å². The van der Waals surface area contributed by atoms with Crippen LogP contribution in [-0.2, 0) is 0 Å². The van der Waals surface area contributed by atoms with Crippen LogP contribution in [0.15, 0.2) is 0 Å². The van der Waals surface area contributed by atoms with Gasteiger partial charge in [0, 0.05) is 31.7 Å². The van der Waals surface area contributed by atoms with Gasteiger partial charge in [-0.05, 0) is 43.7 Å². The second-order valence-corrected chi connectivity index (χ2v) is 7.13. The van der Waals surface area contributed by atoms with Gasteiger partial charge >= 0.3 is 0 Å². The molecule has 2 nitrogen and oxygen atoms in total. The van der Waals surface area contributed by atoms with Crippen LogP contribution in [-0.4, -0.2) is 60.1 Å². The normalized spacial score (nSPS) is 32.2. The number of rotatable bonds is 5. The van der Waals surface area contributed by atoms with E-state index in [1.165, 1.54) is 57.6 Å². The summed E-state index contributed by atoms with van der Waals surface area (Å²) in [6, 6.07) is 1.67. The minimum Gasteiger partial charge on any atom is -0.298 e. The van der Waals surface area contributed by atoms with Crippen LogP contribution in [0, 0.1) is 5.92 Å². The summed E-state index contributed by atoms with van der Waals surface area (Å²) in [7, 11) is 0. The first kappa shape index (κ1) is 14.7. The van der Waals surface area contributed by atoms with Crippen LogP contribution < -0.4 is 0 Å². The van der Waals surface area contributed by atoms with Gasteiger partial charge in [0.2, 0.25) is 0 Å². The van der Waals surface area contributed by atoms with Gasteiger partial charge in [0.1, 0.15) is 0 Å². The molecule has 0 aromatic rings. The van der Waals surface area contributed by atoms with Gasteiger partial charge in [0.05, 0.1) is 0 Å². The number of hydrogen-bond acceptors (Lipinski definition) is 3. The minimum atomic E-state index is 0.809. The highest BCUT2D eigenvalue weighted by Gasteiger charge is 2.34. The molecule has 2 rings (SSSR count). The van der Waals surface area contributed by atoms with Gasteiger partial charge in [-0.3, -0.25) is 9.80 Å². The van der Waals surface area contributed by atoms with Crippen molar-refractivity contribution in [2.24, 2.45) is 5.92 Å². The summed E-state index contributed by atoms with van der Waals surface area (Å²) in [5, 5.41) is 0. The molecule has 0 aromatic heterocycles. The zero-order chi connectivity index (χ0) is 13.0. The van der Waals surface area contributed by atoms with Crippen molar-refractivity contribution in [2.75, 3.05) is 38.2 Å². The molecule has 18 heavy (non-hydrogen) atoms. The Morgan fingerprint density at radius 3 is 2.83 bits per heavy atom. The largest absolute Gasteiger partial charge is 0.298 e. The highest BCUT2D eigenvalue weighted by molar-refractivity contribution is 7.98. The Labute approximate surface area is 117 Å². The average Bonchev–Trinajstić information content (AvgIpc) is 2.38. The average molecular weight is 270 g/mol. The van der Waals surface area contributed by atoms with Crippen LogP contribution in [0.1, 0.15) is 39.5 Å². The monoisotopic (exact) mass is 270 g/mol. The first-order valence-electron chi connectivity index (χ1n) is 7.71. The van der Waals surface area contributed by atoms with Crippen LogP contribution in [0.25, 0.3) is 0 Å². The van der Waals surface area contributed by atoms with Crippen molar-refractivity contribution in [3.8, 4) is 0 Å². The summed E-state index contributed by atoms with van der Waals surface area (Å²) < 4.78 is 0. The predicted molar refractivity (Wildman–Crippen MR) is 82.4 cm³/mol. The highest BCUT2D eigenvalue weighted by Crippen LogP contribution is 2.26. The Kier molecular flexibility index (Phi) is 5.84. The lowest BCUT2D eigenvalue weighted by Gasteiger charge is -2.49. The molecule has 3 heteroatoms. The Morgan fingerprint density at radius 1 is 1.28 bits per heavy atom. The van der Waals surface area contributed by atoms with Crippen LogP contribution in [0.4, 0.5) is 0 Å². The second-order valence-electron chi connectivity index (χ2n) is 6.22. The fourth-order valence-electron chi connectivity index (χ4n) is 3.66. The van der Waals surface area contributed by atoms with Crippen LogP contribution in [0.5, 0.6) is 0 Å². The number of piperazine rings is 1. The van der Waals surface area contributed by atoms with Crippen molar-refractivity contribution >= 4 is 11.8 Å². The fraction of sp³-hybridized carbons (Fsp3) is 1.00. The summed E-state index contributed by atoms with van der Waals surface area (Å²) in [5.41, 5.74) is 0. The number of thioether (sulfide) groups is 1. The number of fused-ring (bicyclic) bond motifs is 1. The van der Waals surface area contributed by atoms with Crippen molar-refractivity contribution < 1.29 is 0 Å². The van der Waals surface area contributed by atoms with Crippen molar-refractivity contribution in [3.05, 3.63) is 0 Å². The maximum atomic E-state index is 2.80. The topological polar surface area (TPSA) is 6.48 Å². The van der Waals surface area contributed by atoms with E-state index in [1.807, 2.05) is 11.8 Å². The maximum Gasteiger partial charge on any atom is 0.0223 e. The molecule has 3 unspecified atom stereocenters. The Balaban J connectivity index is 1.91. The molecule has 2 heterocycles. The Hall–Kier alpha value is 0.270. The van der Waals surface area contributed by atoms with Crippen LogP contribution >= 0.6 is 11.8 Å². The summed E-state index contributed by atoms with van der Waals surface area (Å²) in [6.07, 6.45) is 7.86. The lowest BCUT2D eigenvalue weighted by atomic mass is 9.95. The Bertz CT molecular complexity index is 247. The molecule has 2 aliphatic heterocycles. The maximum absolute atomic E-state index is 2.80. The number of hydrogen-bond donors (Lipinski definition) is 0. The van der Waals surface area contributed by atoms with E-state index < -0.39 is 0 Å². The van der Waals surface area contributed by atoms with Crippen LogP contribution in [0.2, 0.25) is 0 Å². The van der Waals surface area contributed by atoms with Crippen molar-refractivity contribution in [1.82, 2.24) is 9.80 Å². The van der Waals surface area contributed by atoms with E-state index in [9.17, 15) is 0 Å². The van der Waals surface area contributed by atoms with E-state index in [4.69, 9.17) is 0 Å². The quantitative estimate of drug-likeness (QED) is 0.758. The molecule has 2 fully saturated rings. The molecule has 3 atom stereocenters. The molecule has 2 saturated heterocycles. The van der Waals surface area contributed by atoms with Gasteiger partial charge < -0.3 is 0 Å². The van der Waals surface area contributed by atoms with E-state index in [2.05, 4.69) is 29.9 Å². The van der Waals surface area contributed by atoms with Crippen molar-refractivity contribution in [3.63, 3.8) is 0 Å². The molecule has 2 aliphatic rings. The predicted octanol–water partition coefficient (Wildman–Crippen LogP) is 2.93. The standard InChI is InChI=1S/C15H30N2S/c1-4-14-10-16-8-6-5-7-15(16)11-17(14)9-13(2)12-18-3/h13-15H,4-12H2,1-3H3. The summed E-state index contributed by atoms with van der Waals surface area (Å²) in [6.45, 7) is 10.1. The number of piperidine rings is 1. The third-order valence-corrected chi connectivity index (χ3v) is 5.53. The molecule has 0 bridgehead atoms. The highest BCUT2D eigenvalue weighted by atomic mass is 32.2. The van der Waals surface area contributed by atoms with Crippen molar-refractivity contribution in [2.45, 2.75) is 51.6 Å². The molecule has 0 aliphatic carbocycles. The molecule has 106 valence electrons. The van der Waals surface area contributed by atoms with Gasteiger partial charge in [0.25, 0.3) is 0 Å². The molecule has 0 spiro atoms. The van der Waals surface area contributed by atoms with E-state index >= 15 is 0 Å². The third-order valence-electron chi connectivity index (χ3n) is 4.62. The molecule has 0 amide bonds. The molecule has 0 N–H and O–H groups in total. The summed E-state index contributed by atoms with van der Waals surface area (Å²) in [5.74, 6) is 2.14. The molecule has 0 aromatic carbocycles. The first-order valence-corrected chi connectivity index (χ1v) is 9.11. The SMILES string of the molecule is CCC1CN2CCCCC2CN1CC(C)CSC. The van der Waals surface area contributed by atoms with Crippen molar-refractivity contribution in [1.29, 1.82) is 0 Å². The van der Waals surface area contributed by atoms with E-state index in [1.54, 1.807) is 0 Å². The van der Waals surface area contributed by atoms with E-state index in [0.29, 0.717) is 0 Å². The molecular weight excluding hydrogens is 240 g/mol. The first-order chi connectivity index (χ1) is 8.74. The Morgan fingerprint density at radius 2 is 2.11 bits per heavy atom. The smallest absolute Gasteiger partial charge is 0.0223 e. The van der Waals surface area contributed by atoms with E-state index in [-0.39, 0.29) is 0 Å². The van der Waals surface area contributed by atoms with Gasteiger partial charge in [-0.15, -0.1) is 0 Å². The fourth-order valence-corrected chi connectivity index (χ4v) is 4.34. The zero-order valence-corrected chi connectivity index (χ0v) is 13.2. The second kappa shape index (κ2) is 7.16. The molecule has 0 radical (unpaired) electrons. The lowest BCUT2D eigenvalue weighted by Crippen LogP contribution is -2.60. The van der Waals surface area contributed by atoms with Gasteiger partial charge in [0.15, 0.2) is 0 Å². The van der Waals surface area contributed by atoms with E-state index in [0.717, 1.165) is 18.0 Å². The molecule has 0 saturated carbocycles. The minimum absolute atomic E-state index is 0.809. The zero-order valence-electron chi connectivity index (χ0n) is 12.4. The summed E-state index contributed by atoms with van der Waals surface area (Å²) in [4.78, 5) is 5.57. The summed E-state index contributed by atoms with van der Waals surface area (Å²) >= 11 is 1.99. The third kappa shape index (κ3) is 3.64. The van der Waals surface area contributed by atoms with Gasteiger partial charge in [-0.1, -0.05) is 20.3 Å². The van der Waals surface area contributed by atoms with Gasteiger partial charge in [-0.25, -0.2) is 0 Å². The van der Waals surface area contributed by atoms with Crippen LogP contribution in [0.3, 0.4) is 0 Å².